The summed E-state index contributed by atoms with van der Waals surface area (Å²) in [5.41, 5.74) is 0.802. The fraction of sp³-hybridized carbons (Fsp3) is 0.364. The zero-order chi connectivity index (χ0) is 13.8. The lowest BCUT2D eigenvalue weighted by Crippen LogP contribution is -2.24. The number of amides is 1. The molecule has 0 bridgehead atoms. The number of carbonyl (C=O) groups is 1. The average Bonchev–Trinajstić information content (AvgIpc) is 2.20. The number of aryl methyl sites for hydroxylation is 1. The van der Waals surface area contributed by atoms with Gasteiger partial charge < -0.3 is 10.1 Å². The van der Waals surface area contributed by atoms with Gasteiger partial charge in [-0.15, -0.1) is 0 Å². The second-order valence-electron chi connectivity index (χ2n) is 3.62. The topological polar surface area (TPSA) is 38.3 Å². The Labute approximate surface area is 101 Å². The number of benzene rings is 1. The van der Waals surface area contributed by atoms with Gasteiger partial charge >= 0.3 is 6.18 Å². The Morgan fingerprint density at radius 2 is 2.06 bits per heavy atom. The number of ether oxygens (including phenoxy) is 1. The van der Waals surface area contributed by atoms with Gasteiger partial charge in [0.25, 0.3) is 0 Å². The summed E-state index contributed by atoms with van der Waals surface area (Å²) in [5, 5.41) is 2.33. The summed E-state index contributed by atoms with van der Waals surface area (Å²) in [7, 11) is 0. The van der Waals surface area contributed by atoms with Crippen LogP contribution in [0.2, 0.25) is 0 Å². The minimum absolute atomic E-state index is 0.331. The first-order valence-corrected chi connectivity index (χ1v) is 4.98. The molecule has 1 amide bonds. The monoisotopic (exact) mass is 265 g/mol. The Hall–Kier alpha value is -1.63. The fourth-order valence-electron chi connectivity index (χ4n) is 1.21. The fourth-order valence-corrected chi connectivity index (χ4v) is 1.21. The van der Waals surface area contributed by atoms with Crippen molar-refractivity contribution in [3.05, 3.63) is 29.6 Å². The average molecular weight is 265 g/mol. The summed E-state index contributed by atoms with van der Waals surface area (Å²) in [6, 6.07) is 3.66. The molecular weight excluding hydrogens is 254 g/mol. The maximum absolute atomic E-state index is 12.8. The van der Waals surface area contributed by atoms with Crippen molar-refractivity contribution in [2.24, 2.45) is 0 Å². The number of anilines is 1. The Bertz CT molecular complexity index is 432. The molecule has 100 valence electrons. The van der Waals surface area contributed by atoms with E-state index in [1.54, 1.807) is 6.92 Å². The largest absolute Gasteiger partial charge is 0.411 e. The normalized spacial score (nSPS) is 11.4. The maximum Gasteiger partial charge on any atom is 0.411 e. The van der Waals surface area contributed by atoms with E-state index in [-0.39, 0.29) is 0 Å². The van der Waals surface area contributed by atoms with E-state index in [4.69, 9.17) is 0 Å². The molecule has 1 aromatic rings. The second kappa shape index (κ2) is 5.81. The van der Waals surface area contributed by atoms with E-state index in [1.807, 2.05) is 0 Å². The standard InChI is InChI=1S/C11H11F4NO2/c1-7-4-8(12)2-3-9(7)16-10(17)5-18-6-11(13,14)15/h2-4H,5-6H2,1H3,(H,16,17). The quantitative estimate of drug-likeness (QED) is 0.850. The van der Waals surface area contributed by atoms with Crippen LogP contribution in [0.15, 0.2) is 18.2 Å². The zero-order valence-electron chi connectivity index (χ0n) is 9.47. The number of hydrogen-bond acceptors (Lipinski definition) is 2. The number of hydrogen-bond donors (Lipinski definition) is 1. The number of nitrogens with one attached hydrogen (secondary N) is 1. The van der Waals surface area contributed by atoms with Crippen molar-refractivity contribution in [2.45, 2.75) is 13.1 Å². The highest BCUT2D eigenvalue weighted by Crippen LogP contribution is 2.16. The first kappa shape index (κ1) is 14.4. The Morgan fingerprint density at radius 1 is 1.39 bits per heavy atom. The number of alkyl halides is 3. The molecule has 3 nitrogen and oxygen atoms in total. The van der Waals surface area contributed by atoms with Gasteiger partial charge in [0, 0.05) is 5.69 Å². The molecule has 0 radical (unpaired) electrons. The van der Waals surface area contributed by atoms with Crippen LogP contribution in [0.3, 0.4) is 0 Å². The smallest absolute Gasteiger partial charge is 0.362 e. The highest BCUT2D eigenvalue weighted by molar-refractivity contribution is 5.92. The molecule has 0 fully saturated rings. The third kappa shape index (κ3) is 5.13. The summed E-state index contributed by atoms with van der Waals surface area (Å²) in [6.07, 6.45) is -4.47. The van der Waals surface area contributed by atoms with Crippen molar-refractivity contribution in [3.8, 4) is 0 Å². The van der Waals surface area contributed by atoms with Crippen LogP contribution >= 0.6 is 0 Å². The van der Waals surface area contributed by atoms with Gasteiger partial charge in [0.2, 0.25) is 5.91 Å². The molecule has 0 aliphatic carbocycles. The highest BCUT2D eigenvalue weighted by atomic mass is 19.4. The van der Waals surface area contributed by atoms with Crippen LogP contribution in [0.25, 0.3) is 0 Å². The van der Waals surface area contributed by atoms with Gasteiger partial charge in [-0.3, -0.25) is 4.79 Å². The summed E-state index contributed by atoms with van der Waals surface area (Å²) >= 11 is 0. The Balaban J connectivity index is 2.45. The second-order valence-corrected chi connectivity index (χ2v) is 3.62. The van der Waals surface area contributed by atoms with E-state index in [0.29, 0.717) is 11.3 Å². The summed E-state index contributed by atoms with van der Waals surface area (Å²) < 4.78 is 52.2. The van der Waals surface area contributed by atoms with Crippen molar-refractivity contribution in [3.63, 3.8) is 0 Å². The number of halogens is 4. The molecule has 0 aromatic heterocycles. The van der Waals surface area contributed by atoms with Gasteiger partial charge in [-0.05, 0) is 30.7 Å². The molecule has 18 heavy (non-hydrogen) atoms. The van der Waals surface area contributed by atoms with Gasteiger partial charge in [-0.1, -0.05) is 0 Å². The molecule has 0 spiro atoms. The molecule has 1 rings (SSSR count). The molecule has 0 saturated carbocycles. The first-order valence-electron chi connectivity index (χ1n) is 4.98. The highest BCUT2D eigenvalue weighted by Gasteiger charge is 2.27. The van der Waals surface area contributed by atoms with Crippen molar-refractivity contribution in [1.29, 1.82) is 0 Å². The van der Waals surface area contributed by atoms with Gasteiger partial charge in [-0.25, -0.2) is 4.39 Å². The summed E-state index contributed by atoms with van der Waals surface area (Å²) in [5.74, 6) is -1.19. The Kier molecular flexibility index (Phi) is 4.66. The lowest BCUT2D eigenvalue weighted by molar-refractivity contribution is -0.174. The van der Waals surface area contributed by atoms with Crippen LogP contribution in [-0.2, 0) is 9.53 Å². The molecule has 1 aromatic carbocycles. The van der Waals surface area contributed by atoms with E-state index in [1.165, 1.54) is 12.1 Å². The first-order chi connectivity index (χ1) is 8.28. The lowest BCUT2D eigenvalue weighted by atomic mass is 10.2. The van der Waals surface area contributed by atoms with Crippen LogP contribution in [0.1, 0.15) is 5.56 Å². The molecule has 0 aliphatic heterocycles. The van der Waals surface area contributed by atoms with Gasteiger partial charge in [-0.2, -0.15) is 13.2 Å². The molecule has 0 aliphatic rings. The summed E-state index contributed by atoms with van der Waals surface area (Å²) in [4.78, 5) is 11.2. The minimum Gasteiger partial charge on any atom is -0.362 e. The third-order valence-electron chi connectivity index (χ3n) is 1.96. The van der Waals surface area contributed by atoms with Crippen molar-refractivity contribution >= 4 is 11.6 Å². The van der Waals surface area contributed by atoms with Crippen LogP contribution in [0.4, 0.5) is 23.2 Å². The van der Waals surface area contributed by atoms with E-state index in [2.05, 4.69) is 10.1 Å². The predicted octanol–water partition coefficient (Wildman–Crippen LogP) is 2.65. The van der Waals surface area contributed by atoms with Crippen LogP contribution in [0.5, 0.6) is 0 Å². The van der Waals surface area contributed by atoms with Crippen LogP contribution in [0, 0.1) is 12.7 Å². The van der Waals surface area contributed by atoms with Gasteiger partial charge in [0.05, 0.1) is 0 Å². The van der Waals surface area contributed by atoms with Crippen LogP contribution in [-0.4, -0.2) is 25.3 Å². The molecule has 0 unspecified atom stereocenters. The minimum atomic E-state index is -4.47. The molecular formula is C11H11F4NO2. The Morgan fingerprint density at radius 3 is 2.61 bits per heavy atom. The number of carbonyl (C=O) groups excluding carboxylic acids is 1. The van der Waals surface area contributed by atoms with E-state index in [0.717, 1.165) is 6.07 Å². The molecule has 0 heterocycles. The lowest BCUT2D eigenvalue weighted by Gasteiger charge is -2.10. The van der Waals surface area contributed by atoms with Crippen molar-refractivity contribution in [1.82, 2.24) is 0 Å². The molecule has 1 N–H and O–H groups in total. The summed E-state index contributed by atoms with van der Waals surface area (Å²) in [6.45, 7) is -0.631. The van der Waals surface area contributed by atoms with Crippen molar-refractivity contribution in [2.75, 3.05) is 18.5 Å². The third-order valence-corrected chi connectivity index (χ3v) is 1.96. The van der Waals surface area contributed by atoms with E-state index >= 15 is 0 Å². The predicted molar refractivity (Wildman–Crippen MR) is 56.6 cm³/mol. The number of rotatable bonds is 4. The zero-order valence-corrected chi connectivity index (χ0v) is 9.47. The van der Waals surface area contributed by atoms with E-state index < -0.39 is 31.1 Å². The SMILES string of the molecule is Cc1cc(F)ccc1NC(=O)COCC(F)(F)F. The van der Waals surface area contributed by atoms with Gasteiger partial charge in [0.1, 0.15) is 19.0 Å². The van der Waals surface area contributed by atoms with Crippen molar-refractivity contribution < 1.29 is 27.1 Å². The van der Waals surface area contributed by atoms with Gasteiger partial charge in [0.15, 0.2) is 0 Å². The van der Waals surface area contributed by atoms with E-state index in [9.17, 15) is 22.4 Å². The molecule has 0 atom stereocenters. The molecule has 0 saturated heterocycles. The maximum atomic E-state index is 12.8. The van der Waals surface area contributed by atoms with Crippen LogP contribution < -0.4 is 5.32 Å². The molecule has 7 heteroatoms.